The third-order valence-corrected chi connectivity index (χ3v) is 2.45. The van der Waals surface area contributed by atoms with E-state index in [1.54, 1.807) is 6.20 Å². The Balaban J connectivity index is 2.88. The van der Waals surface area contributed by atoms with E-state index < -0.39 is 0 Å². The number of fused-ring (bicyclic) bond motifs is 1. The maximum atomic E-state index is 6.99. The molecule has 0 bridgehead atoms. The quantitative estimate of drug-likeness (QED) is 0.470. The van der Waals surface area contributed by atoms with Gasteiger partial charge in [-0.1, -0.05) is 17.7 Å². The lowest BCUT2D eigenvalue weighted by atomic mass is 10.1. The summed E-state index contributed by atoms with van der Waals surface area (Å²) in [6, 6.07) is 5.60. The summed E-state index contributed by atoms with van der Waals surface area (Å²) in [7, 11) is 0. The number of nitrogens with zero attached hydrogens (tertiary/aromatic N) is 2. The summed E-state index contributed by atoms with van der Waals surface area (Å²) < 4.78 is 0. The lowest BCUT2D eigenvalue weighted by molar-refractivity contribution is 1.36. The van der Waals surface area contributed by atoms with Crippen molar-refractivity contribution in [2.75, 3.05) is 0 Å². The monoisotopic (exact) mass is 202 g/mol. The van der Waals surface area contributed by atoms with E-state index in [9.17, 15) is 0 Å². The zero-order valence-corrected chi connectivity index (χ0v) is 8.34. The Kier molecular flexibility index (Phi) is 2.11. The average Bonchev–Trinajstić information content (AvgIpc) is 2.19. The maximum absolute atomic E-state index is 6.99. The van der Waals surface area contributed by atoms with Crippen molar-refractivity contribution in [3.8, 4) is 0 Å². The molecule has 0 unspecified atom stereocenters. The lowest BCUT2D eigenvalue weighted by Gasteiger charge is -2.02. The van der Waals surface area contributed by atoms with Gasteiger partial charge in [0, 0.05) is 11.6 Å². The van der Waals surface area contributed by atoms with E-state index in [1.165, 1.54) is 0 Å². The maximum Gasteiger partial charge on any atom is 0.190 e. The highest BCUT2D eigenvalue weighted by atomic mass is 35.5. The lowest BCUT2D eigenvalue weighted by Crippen LogP contribution is -1.80. The zero-order chi connectivity index (χ0) is 10.1. The minimum atomic E-state index is 0.488. The number of hydrogen-bond acceptors (Lipinski definition) is 1. The molecular weight excluding hydrogens is 196 g/mol. The minimum absolute atomic E-state index is 0.488. The molecule has 1 aromatic carbocycles. The van der Waals surface area contributed by atoms with E-state index in [-0.39, 0.29) is 0 Å². The van der Waals surface area contributed by atoms with Crippen molar-refractivity contribution in [2.24, 2.45) is 0 Å². The molecule has 0 aliphatic rings. The summed E-state index contributed by atoms with van der Waals surface area (Å²) in [4.78, 5) is 7.43. The van der Waals surface area contributed by atoms with Gasteiger partial charge in [0.15, 0.2) is 5.69 Å². The van der Waals surface area contributed by atoms with Crippen LogP contribution in [0.1, 0.15) is 5.56 Å². The van der Waals surface area contributed by atoms with Crippen LogP contribution in [-0.2, 0) is 0 Å². The van der Waals surface area contributed by atoms with Gasteiger partial charge in [-0.05, 0) is 30.0 Å². The molecule has 0 spiro atoms. The molecule has 1 heterocycles. The highest BCUT2D eigenvalue weighted by Gasteiger charge is 2.03. The zero-order valence-electron chi connectivity index (χ0n) is 7.58. The van der Waals surface area contributed by atoms with Crippen molar-refractivity contribution < 1.29 is 0 Å². The Morgan fingerprint density at radius 1 is 1.43 bits per heavy atom. The molecule has 2 aromatic rings. The molecule has 2 nitrogen and oxygen atoms in total. The molecule has 0 aliphatic heterocycles. The first-order chi connectivity index (χ1) is 6.72. The first-order valence-corrected chi connectivity index (χ1v) is 4.52. The minimum Gasteiger partial charge on any atom is -0.244 e. The molecule has 0 saturated carbocycles. The second-order valence-electron chi connectivity index (χ2n) is 3.07. The summed E-state index contributed by atoms with van der Waals surface area (Å²) in [6.45, 7) is 8.89. The molecule has 14 heavy (non-hydrogen) atoms. The largest absolute Gasteiger partial charge is 0.244 e. The molecule has 2 rings (SSSR count). The standard InChI is InChI=1S/C11H7ClN2/c1-7-5-9-8(6-10(7)13-2)3-4-14-11(9)12/h3-6H,1H3. The van der Waals surface area contributed by atoms with Crippen molar-refractivity contribution in [2.45, 2.75) is 6.92 Å². The molecule has 0 fully saturated rings. The van der Waals surface area contributed by atoms with Gasteiger partial charge < -0.3 is 0 Å². The smallest absolute Gasteiger partial charge is 0.190 e. The first-order valence-electron chi connectivity index (χ1n) is 4.14. The van der Waals surface area contributed by atoms with Gasteiger partial charge in [0.25, 0.3) is 0 Å². The second-order valence-corrected chi connectivity index (χ2v) is 3.43. The fourth-order valence-corrected chi connectivity index (χ4v) is 1.62. The fourth-order valence-electron chi connectivity index (χ4n) is 1.40. The van der Waals surface area contributed by atoms with Crippen molar-refractivity contribution in [3.63, 3.8) is 0 Å². The van der Waals surface area contributed by atoms with Crippen LogP contribution in [0.4, 0.5) is 5.69 Å². The van der Waals surface area contributed by atoms with E-state index in [0.29, 0.717) is 10.8 Å². The van der Waals surface area contributed by atoms with Gasteiger partial charge in [-0.2, -0.15) is 0 Å². The topological polar surface area (TPSA) is 17.2 Å². The van der Waals surface area contributed by atoms with Crippen LogP contribution in [0.5, 0.6) is 0 Å². The van der Waals surface area contributed by atoms with Gasteiger partial charge in [-0.3, -0.25) is 0 Å². The Morgan fingerprint density at radius 3 is 2.93 bits per heavy atom. The van der Waals surface area contributed by atoms with Crippen LogP contribution in [0.25, 0.3) is 15.6 Å². The molecular formula is C11H7ClN2. The molecule has 0 saturated heterocycles. The summed E-state index contributed by atoms with van der Waals surface area (Å²) in [6.07, 6.45) is 1.65. The molecule has 0 amide bonds. The van der Waals surface area contributed by atoms with Crippen molar-refractivity contribution in [3.05, 3.63) is 46.5 Å². The number of pyridine rings is 1. The van der Waals surface area contributed by atoms with Gasteiger partial charge in [0.1, 0.15) is 5.15 Å². The average molecular weight is 203 g/mol. The highest BCUT2D eigenvalue weighted by molar-refractivity contribution is 6.34. The highest BCUT2D eigenvalue weighted by Crippen LogP contribution is 2.28. The van der Waals surface area contributed by atoms with Gasteiger partial charge >= 0.3 is 0 Å². The Morgan fingerprint density at radius 2 is 2.21 bits per heavy atom. The van der Waals surface area contributed by atoms with Crippen LogP contribution in [0.3, 0.4) is 0 Å². The van der Waals surface area contributed by atoms with Crippen LogP contribution in [0.2, 0.25) is 5.15 Å². The Bertz CT molecular complexity index is 541. The number of halogens is 1. The summed E-state index contributed by atoms with van der Waals surface area (Å²) in [5.41, 5.74) is 1.60. The predicted molar refractivity (Wildman–Crippen MR) is 57.8 cm³/mol. The summed E-state index contributed by atoms with van der Waals surface area (Å²) >= 11 is 5.94. The van der Waals surface area contributed by atoms with Crippen LogP contribution in [0.15, 0.2) is 24.4 Å². The molecule has 1 aromatic heterocycles. The molecule has 68 valence electrons. The predicted octanol–water partition coefficient (Wildman–Crippen LogP) is 3.75. The Labute approximate surface area is 87.0 Å². The van der Waals surface area contributed by atoms with Gasteiger partial charge in [0.05, 0.1) is 6.57 Å². The number of aryl methyl sites for hydroxylation is 1. The van der Waals surface area contributed by atoms with Crippen LogP contribution in [-0.4, -0.2) is 4.98 Å². The Hall–Kier alpha value is -1.59. The first kappa shape index (κ1) is 8.98. The van der Waals surface area contributed by atoms with Crippen molar-refractivity contribution in [1.29, 1.82) is 0 Å². The molecule has 3 heteroatoms. The van der Waals surface area contributed by atoms with Crippen LogP contribution in [0, 0.1) is 13.5 Å². The number of hydrogen-bond donors (Lipinski definition) is 0. The van der Waals surface area contributed by atoms with Gasteiger partial charge in [-0.25, -0.2) is 9.83 Å². The van der Waals surface area contributed by atoms with E-state index in [0.717, 1.165) is 16.3 Å². The number of aromatic nitrogens is 1. The number of rotatable bonds is 0. The molecule has 0 atom stereocenters. The third kappa shape index (κ3) is 1.32. The van der Waals surface area contributed by atoms with Crippen LogP contribution >= 0.6 is 11.6 Å². The van der Waals surface area contributed by atoms with E-state index in [4.69, 9.17) is 18.2 Å². The SMILES string of the molecule is [C-]#[N+]c1cc2ccnc(Cl)c2cc1C. The second kappa shape index (κ2) is 3.28. The number of benzene rings is 1. The van der Waals surface area contributed by atoms with Gasteiger partial charge in [-0.15, -0.1) is 0 Å². The normalized spacial score (nSPS) is 10.1. The van der Waals surface area contributed by atoms with Gasteiger partial charge in [0.2, 0.25) is 0 Å². The molecule has 0 radical (unpaired) electrons. The van der Waals surface area contributed by atoms with Crippen molar-refractivity contribution >= 4 is 28.1 Å². The van der Waals surface area contributed by atoms with Crippen molar-refractivity contribution in [1.82, 2.24) is 4.98 Å². The van der Waals surface area contributed by atoms with E-state index in [2.05, 4.69) is 9.83 Å². The van der Waals surface area contributed by atoms with Crippen LogP contribution < -0.4 is 0 Å². The van der Waals surface area contributed by atoms with E-state index in [1.807, 2.05) is 25.1 Å². The summed E-state index contributed by atoms with van der Waals surface area (Å²) in [5, 5.41) is 2.35. The fraction of sp³-hybridized carbons (Fsp3) is 0.0909. The molecule has 0 aliphatic carbocycles. The molecule has 0 N–H and O–H groups in total. The third-order valence-electron chi connectivity index (χ3n) is 2.15. The summed E-state index contributed by atoms with van der Waals surface area (Å²) in [5.74, 6) is 0. The van der Waals surface area contributed by atoms with E-state index >= 15 is 0 Å².